The van der Waals surface area contributed by atoms with Gasteiger partial charge in [0.2, 0.25) is 0 Å². The van der Waals surface area contributed by atoms with Crippen molar-refractivity contribution in [1.29, 1.82) is 0 Å². The van der Waals surface area contributed by atoms with Crippen molar-refractivity contribution in [3.63, 3.8) is 0 Å². The summed E-state index contributed by atoms with van der Waals surface area (Å²) in [5.74, 6) is 1.05. The topological polar surface area (TPSA) is 55.0 Å². The Morgan fingerprint density at radius 3 is 2.50 bits per heavy atom. The predicted molar refractivity (Wildman–Crippen MR) is 99.9 cm³/mol. The maximum absolute atomic E-state index is 13.0. The van der Waals surface area contributed by atoms with Gasteiger partial charge in [0.25, 0.3) is 0 Å². The molecule has 1 aromatic carbocycles. The molecule has 2 aromatic rings. The van der Waals surface area contributed by atoms with Gasteiger partial charge in [-0.25, -0.2) is 14.4 Å². The number of anilines is 1. The monoisotopic (exact) mass is 370 g/mol. The average molecular weight is 371 g/mol. The summed E-state index contributed by atoms with van der Waals surface area (Å²) >= 11 is 0. The second-order valence-corrected chi connectivity index (χ2v) is 5.55. The van der Waals surface area contributed by atoms with Gasteiger partial charge in [-0.05, 0) is 36.6 Å². The second kappa shape index (κ2) is 8.97. The standard InChI is InChI=1S/C17H19FN4.2ClH/c1-12-20-10-15(17(19)21-12)11-22-8-6-14(7-9-22)13-2-4-16(18)5-3-13;;/h2-6,10H,7-9,11H2,1H3,(H2,19,20,21);2*1H. The normalized spacial score (nSPS) is 14.3. The third-order valence-electron chi connectivity index (χ3n) is 3.92. The highest BCUT2D eigenvalue weighted by Crippen LogP contribution is 2.23. The Bertz CT molecular complexity index is 704. The Kier molecular flexibility index (Phi) is 7.60. The lowest BCUT2D eigenvalue weighted by Gasteiger charge is -2.26. The maximum Gasteiger partial charge on any atom is 0.131 e. The van der Waals surface area contributed by atoms with Crippen LogP contribution in [0, 0.1) is 12.7 Å². The number of hydrogen-bond donors (Lipinski definition) is 1. The number of halogens is 3. The van der Waals surface area contributed by atoms with E-state index in [1.54, 1.807) is 6.20 Å². The minimum atomic E-state index is -0.198. The molecule has 1 aromatic heterocycles. The first-order chi connectivity index (χ1) is 10.6. The molecule has 0 atom stereocenters. The fourth-order valence-corrected chi connectivity index (χ4v) is 2.66. The Hall–Kier alpha value is -1.69. The van der Waals surface area contributed by atoms with Crippen molar-refractivity contribution >= 4 is 36.2 Å². The largest absolute Gasteiger partial charge is 0.383 e. The summed E-state index contributed by atoms with van der Waals surface area (Å²) in [6.45, 7) is 4.37. The van der Waals surface area contributed by atoms with Crippen LogP contribution in [0.2, 0.25) is 0 Å². The Labute approximate surface area is 153 Å². The van der Waals surface area contributed by atoms with E-state index in [1.807, 2.05) is 19.1 Å². The molecule has 24 heavy (non-hydrogen) atoms. The van der Waals surface area contributed by atoms with Crippen LogP contribution in [0.3, 0.4) is 0 Å². The molecular weight excluding hydrogens is 350 g/mol. The lowest BCUT2D eigenvalue weighted by atomic mass is 9.99. The number of benzene rings is 1. The quantitative estimate of drug-likeness (QED) is 0.895. The van der Waals surface area contributed by atoms with Crippen molar-refractivity contribution in [3.05, 3.63) is 59.3 Å². The number of nitrogens with zero attached hydrogens (tertiary/aromatic N) is 3. The summed E-state index contributed by atoms with van der Waals surface area (Å²) in [4.78, 5) is 10.7. The first kappa shape index (κ1) is 20.4. The van der Waals surface area contributed by atoms with Crippen LogP contribution in [0.4, 0.5) is 10.2 Å². The fraction of sp³-hybridized carbons (Fsp3) is 0.294. The summed E-state index contributed by atoms with van der Waals surface area (Å²) in [6.07, 6.45) is 4.94. The van der Waals surface area contributed by atoms with Crippen LogP contribution in [0.25, 0.3) is 5.57 Å². The molecule has 1 aliphatic rings. The van der Waals surface area contributed by atoms with Gasteiger partial charge >= 0.3 is 0 Å². The maximum atomic E-state index is 13.0. The number of hydrogen-bond acceptors (Lipinski definition) is 4. The van der Waals surface area contributed by atoms with Crippen molar-refractivity contribution in [1.82, 2.24) is 14.9 Å². The van der Waals surface area contributed by atoms with E-state index in [1.165, 1.54) is 17.7 Å². The molecule has 2 N–H and O–H groups in total. The van der Waals surface area contributed by atoms with Gasteiger partial charge in [0, 0.05) is 31.4 Å². The summed E-state index contributed by atoms with van der Waals surface area (Å²) in [5.41, 5.74) is 9.27. The number of aryl methyl sites for hydroxylation is 1. The van der Waals surface area contributed by atoms with E-state index in [0.717, 1.165) is 37.2 Å². The lowest BCUT2D eigenvalue weighted by molar-refractivity contribution is 0.293. The molecule has 0 fully saturated rings. The van der Waals surface area contributed by atoms with E-state index in [9.17, 15) is 4.39 Å². The molecular formula is C17H21Cl2FN4. The Balaban J connectivity index is 0.00000144. The molecule has 0 aliphatic carbocycles. The molecule has 0 amide bonds. The van der Waals surface area contributed by atoms with Gasteiger partial charge in [-0.15, -0.1) is 24.8 Å². The zero-order valence-corrected chi connectivity index (χ0v) is 15.0. The van der Waals surface area contributed by atoms with Gasteiger partial charge < -0.3 is 5.73 Å². The zero-order chi connectivity index (χ0) is 15.5. The van der Waals surface area contributed by atoms with Crippen LogP contribution in [0.15, 0.2) is 36.5 Å². The molecule has 2 heterocycles. The van der Waals surface area contributed by atoms with Crippen LogP contribution < -0.4 is 5.73 Å². The SMILES string of the molecule is Cc1ncc(CN2CC=C(c3ccc(F)cc3)CC2)c(N)n1.Cl.Cl. The minimum Gasteiger partial charge on any atom is -0.383 e. The van der Waals surface area contributed by atoms with Crippen LogP contribution in [0.1, 0.15) is 23.4 Å². The Morgan fingerprint density at radius 1 is 1.21 bits per heavy atom. The summed E-state index contributed by atoms with van der Waals surface area (Å²) in [7, 11) is 0. The third-order valence-corrected chi connectivity index (χ3v) is 3.92. The van der Waals surface area contributed by atoms with E-state index in [-0.39, 0.29) is 30.6 Å². The van der Waals surface area contributed by atoms with E-state index >= 15 is 0 Å². The molecule has 0 spiro atoms. The van der Waals surface area contributed by atoms with Crippen molar-refractivity contribution < 1.29 is 4.39 Å². The van der Waals surface area contributed by atoms with Crippen molar-refractivity contribution in [2.24, 2.45) is 0 Å². The molecule has 3 rings (SSSR count). The van der Waals surface area contributed by atoms with Crippen LogP contribution in [-0.2, 0) is 6.54 Å². The van der Waals surface area contributed by atoms with Crippen molar-refractivity contribution in [3.8, 4) is 0 Å². The summed E-state index contributed by atoms with van der Waals surface area (Å²) in [5, 5.41) is 0. The molecule has 0 radical (unpaired) electrons. The van der Waals surface area contributed by atoms with Gasteiger partial charge in [-0.1, -0.05) is 18.2 Å². The van der Waals surface area contributed by atoms with Crippen molar-refractivity contribution in [2.75, 3.05) is 18.8 Å². The molecule has 0 saturated heterocycles. The van der Waals surface area contributed by atoms with E-state index in [4.69, 9.17) is 5.73 Å². The lowest BCUT2D eigenvalue weighted by Crippen LogP contribution is -2.28. The van der Waals surface area contributed by atoms with Gasteiger partial charge in [-0.3, -0.25) is 4.90 Å². The van der Waals surface area contributed by atoms with E-state index < -0.39 is 0 Å². The highest BCUT2D eigenvalue weighted by molar-refractivity contribution is 5.85. The first-order valence-electron chi connectivity index (χ1n) is 7.37. The molecule has 0 unspecified atom stereocenters. The molecule has 4 nitrogen and oxygen atoms in total. The number of rotatable bonds is 3. The van der Waals surface area contributed by atoms with Crippen LogP contribution in [-0.4, -0.2) is 28.0 Å². The highest BCUT2D eigenvalue weighted by Gasteiger charge is 2.15. The smallest absolute Gasteiger partial charge is 0.131 e. The number of nitrogens with two attached hydrogens (primary N) is 1. The van der Waals surface area contributed by atoms with Gasteiger partial charge in [-0.2, -0.15) is 0 Å². The first-order valence-corrected chi connectivity index (χ1v) is 7.37. The summed E-state index contributed by atoms with van der Waals surface area (Å²) in [6, 6.07) is 6.69. The van der Waals surface area contributed by atoms with Gasteiger partial charge in [0.15, 0.2) is 0 Å². The number of aromatic nitrogens is 2. The number of nitrogen functional groups attached to an aromatic ring is 1. The molecule has 0 bridgehead atoms. The average Bonchev–Trinajstić information content (AvgIpc) is 2.52. The van der Waals surface area contributed by atoms with Crippen LogP contribution >= 0.6 is 24.8 Å². The zero-order valence-electron chi connectivity index (χ0n) is 13.4. The van der Waals surface area contributed by atoms with Gasteiger partial charge in [0.05, 0.1) is 0 Å². The van der Waals surface area contributed by atoms with Crippen LogP contribution in [0.5, 0.6) is 0 Å². The molecule has 7 heteroatoms. The Morgan fingerprint density at radius 2 is 1.92 bits per heavy atom. The van der Waals surface area contributed by atoms with Gasteiger partial charge in [0.1, 0.15) is 17.5 Å². The van der Waals surface area contributed by atoms with E-state index in [0.29, 0.717) is 11.6 Å². The molecule has 130 valence electrons. The second-order valence-electron chi connectivity index (χ2n) is 5.55. The minimum absolute atomic E-state index is 0. The fourth-order valence-electron chi connectivity index (χ4n) is 2.66. The molecule has 1 aliphatic heterocycles. The van der Waals surface area contributed by atoms with Crippen molar-refractivity contribution in [2.45, 2.75) is 19.9 Å². The molecule has 0 saturated carbocycles. The predicted octanol–water partition coefficient (Wildman–Crippen LogP) is 3.64. The summed E-state index contributed by atoms with van der Waals surface area (Å²) < 4.78 is 13.0. The van der Waals surface area contributed by atoms with E-state index in [2.05, 4.69) is 20.9 Å². The highest BCUT2D eigenvalue weighted by atomic mass is 35.5. The third kappa shape index (κ3) is 4.90.